The fraction of sp³-hybridized carbons (Fsp3) is 0.926. The second kappa shape index (κ2) is 22.7. The minimum atomic E-state index is -3.71. The highest BCUT2D eigenvalue weighted by molar-refractivity contribution is 7.86. The molecule has 35 heavy (non-hydrogen) atoms. The monoisotopic (exact) mass is 522 g/mol. The van der Waals surface area contributed by atoms with E-state index >= 15 is 0 Å². The quantitative estimate of drug-likeness (QED) is 0.0567. The molecule has 0 aromatic heterocycles. The molecule has 8 heteroatoms. The summed E-state index contributed by atoms with van der Waals surface area (Å²) in [7, 11) is -3.71. The molecule has 2 unspecified atom stereocenters. The Kier molecular flexibility index (Phi) is 22.3. The number of ether oxygens (including phenoxy) is 4. The SMILES string of the molecule is CCCCCCCCCCCCC/C=C/[C@H](OC(C)OCC)[C@H](COC(C)OCC)OS(C)(=O)=O. The van der Waals surface area contributed by atoms with Gasteiger partial charge >= 0.3 is 0 Å². The number of rotatable bonds is 25. The molecule has 0 saturated carbocycles. The molecule has 0 aromatic rings. The fourth-order valence-corrected chi connectivity index (χ4v) is 4.44. The Hall–Kier alpha value is -0.510. The summed E-state index contributed by atoms with van der Waals surface area (Å²) in [5, 5.41) is 0. The predicted octanol–water partition coefficient (Wildman–Crippen LogP) is 6.76. The molecule has 210 valence electrons. The highest BCUT2D eigenvalue weighted by atomic mass is 32.2. The van der Waals surface area contributed by atoms with Crippen LogP contribution in [0.3, 0.4) is 0 Å². The first-order valence-corrected chi connectivity index (χ1v) is 15.6. The van der Waals surface area contributed by atoms with E-state index in [0.717, 1.165) is 19.1 Å². The van der Waals surface area contributed by atoms with E-state index in [2.05, 4.69) is 6.92 Å². The first-order valence-electron chi connectivity index (χ1n) is 13.8. The molecule has 0 spiro atoms. The van der Waals surface area contributed by atoms with Crippen LogP contribution in [0, 0.1) is 0 Å². The van der Waals surface area contributed by atoms with Crippen LogP contribution >= 0.6 is 0 Å². The molecule has 0 rings (SSSR count). The van der Waals surface area contributed by atoms with Crippen LogP contribution in [0.25, 0.3) is 0 Å². The maximum absolute atomic E-state index is 11.9. The van der Waals surface area contributed by atoms with E-state index in [1.54, 1.807) is 13.8 Å². The number of unbranched alkanes of at least 4 members (excludes halogenated alkanes) is 11. The lowest BCUT2D eigenvalue weighted by Crippen LogP contribution is -2.39. The molecule has 4 atom stereocenters. The van der Waals surface area contributed by atoms with Crippen molar-refractivity contribution in [1.82, 2.24) is 0 Å². The van der Waals surface area contributed by atoms with Gasteiger partial charge in [-0.3, -0.25) is 4.18 Å². The van der Waals surface area contributed by atoms with Gasteiger partial charge in [0.15, 0.2) is 12.6 Å². The minimum Gasteiger partial charge on any atom is -0.353 e. The summed E-state index contributed by atoms with van der Waals surface area (Å²) < 4.78 is 51.7. The van der Waals surface area contributed by atoms with Gasteiger partial charge in [0.1, 0.15) is 12.2 Å². The van der Waals surface area contributed by atoms with E-state index in [9.17, 15) is 8.42 Å². The van der Waals surface area contributed by atoms with Crippen molar-refractivity contribution in [2.45, 2.75) is 136 Å². The van der Waals surface area contributed by atoms with E-state index in [0.29, 0.717) is 13.2 Å². The molecule has 0 N–H and O–H groups in total. The zero-order chi connectivity index (χ0) is 26.4. The average Bonchev–Trinajstić information content (AvgIpc) is 2.78. The Bertz CT molecular complexity index is 594. The smallest absolute Gasteiger partial charge is 0.264 e. The highest BCUT2D eigenvalue weighted by Gasteiger charge is 2.28. The van der Waals surface area contributed by atoms with Gasteiger partial charge in [0.05, 0.1) is 12.9 Å². The molecule has 0 fully saturated rings. The second-order valence-electron chi connectivity index (χ2n) is 9.07. The topological polar surface area (TPSA) is 80.3 Å². The molecule has 0 aromatic carbocycles. The highest BCUT2D eigenvalue weighted by Crippen LogP contribution is 2.16. The van der Waals surface area contributed by atoms with Gasteiger partial charge in [-0.2, -0.15) is 8.42 Å². The maximum Gasteiger partial charge on any atom is 0.264 e. The molecule has 0 aliphatic heterocycles. The van der Waals surface area contributed by atoms with Crippen molar-refractivity contribution >= 4 is 10.1 Å². The van der Waals surface area contributed by atoms with Crippen molar-refractivity contribution in [3.63, 3.8) is 0 Å². The standard InChI is InChI=1S/C27H54O7S/c1-7-10-11-12-13-14-15-16-17-18-19-20-21-22-26(33-25(5)31-9-3)27(34-35(6,28)29)23-32-24(4)30-8-2/h21-22,24-27H,7-20,23H2,1-6H3/b22-21+/t24?,25?,26-,27-/m0/s1. The van der Waals surface area contributed by atoms with E-state index in [1.807, 2.05) is 26.0 Å². The normalized spacial score (nSPS) is 15.9. The maximum atomic E-state index is 11.9. The molecule has 0 aliphatic rings. The molecule has 0 saturated heterocycles. The second-order valence-corrected chi connectivity index (χ2v) is 10.7. The molecule has 0 radical (unpaired) electrons. The Morgan fingerprint density at radius 2 is 1.23 bits per heavy atom. The van der Waals surface area contributed by atoms with Crippen LogP contribution in [0.4, 0.5) is 0 Å². The lowest BCUT2D eigenvalue weighted by atomic mass is 10.0. The van der Waals surface area contributed by atoms with Gasteiger partial charge in [0.25, 0.3) is 10.1 Å². The number of hydrogen-bond donors (Lipinski definition) is 0. The Labute approximate surface area is 216 Å². The summed E-state index contributed by atoms with van der Waals surface area (Å²) in [6.07, 6.45) is 17.7. The Morgan fingerprint density at radius 3 is 1.74 bits per heavy atom. The van der Waals surface area contributed by atoms with Gasteiger partial charge in [-0.15, -0.1) is 0 Å². The van der Waals surface area contributed by atoms with Crippen LogP contribution in [0.15, 0.2) is 12.2 Å². The Balaban J connectivity index is 4.65. The summed E-state index contributed by atoms with van der Waals surface area (Å²) in [5.74, 6) is 0. The van der Waals surface area contributed by atoms with Crippen LogP contribution in [0.1, 0.15) is 112 Å². The average molecular weight is 523 g/mol. The van der Waals surface area contributed by atoms with E-state index < -0.39 is 34.9 Å². The lowest BCUT2D eigenvalue weighted by molar-refractivity contribution is -0.186. The molecule has 0 bridgehead atoms. The van der Waals surface area contributed by atoms with Gasteiger partial charge in [0.2, 0.25) is 0 Å². The van der Waals surface area contributed by atoms with Crippen LogP contribution in [0.2, 0.25) is 0 Å². The third-order valence-electron chi connectivity index (χ3n) is 5.61. The van der Waals surface area contributed by atoms with Crippen LogP contribution in [-0.4, -0.2) is 59.3 Å². The van der Waals surface area contributed by atoms with E-state index in [-0.39, 0.29) is 6.61 Å². The lowest BCUT2D eigenvalue weighted by Gasteiger charge is -2.27. The molecule has 0 aliphatic carbocycles. The van der Waals surface area contributed by atoms with Crippen molar-refractivity contribution in [3.8, 4) is 0 Å². The van der Waals surface area contributed by atoms with Crippen LogP contribution in [-0.2, 0) is 33.2 Å². The fourth-order valence-electron chi connectivity index (χ4n) is 3.82. The number of allylic oxidation sites excluding steroid dienone is 1. The summed E-state index contributed by atoms with van der Waals surface area (Å²) in [4.78, 5) is 0. The summed E-state index contributed by atoms with van der Waals surface area (Å²) in [6, 6.07) is 0. The first-order chi connectivity index (χ1) is 16.7. The van der Waals surface area contributed by atoms with Crippen LogP contribution in [0.5, 0.6) is 0 Å². The molecular weight excluding hydrogens is 468 g/mol. The van der Waals surface area contributed by atoms with Crippen molar-refractivity contribution in [1.29, 1.82) is 0 Å². The van der Waals surface area contributed by atoms with Crippen LogP contribution < -0.4 is 0 Å². The van der Waals surface area contributed by atoms with Gasteiger partial charge in [-0.25, -0.2) is 0 Å². The van der Waals surface area contributed by atoms with E-state index in [1.165, 1.54) is 64.2 Å². The molecular formula is C27H54O7S. The van der Waals surface area contributed by atoms with Gasteiger partial charge in [0, 0.05) is 13.2 Å². The molecule has 7 nitrogen and oxygen atoms in total. The Morgan fingerprint density at radius 1 is 0.714 bits per heavy atom. The minimum absolute atomic E-state index is 0.0144. The molecule has 0 amide bonds. The zero-order valence-corrected chi connectivity index (χ0v) is 24.2. The summed E-state index contributed by atoms with van der Waals surface area (Å²) in [5.41, 5.74) is 0. The third-order valence-corrected chi connectivity index (χ3v) is 6.21. The van der Waals surface area contributed by atoms with E-state index in [4.69, 9.17) is 23.1 Å². The van der Waals surface area contributed by atoms with Crippen molar-refractivity contribution in [2.75, 3.05) is 26.1 Å². The van der Waals surface area contributed by atoms with Crippen molar-refractivity contribution < 1.29 is 31.5 Å². The van der Waals surface area contributed by atoms with Gasteiger partial charge in [-0.05, 0) is 40.5 Å². The first kappa shape index (κ1) is 34.5. The largest absolute Gasteiger partial charge is 0.353 e. The number of hydrogen-bond acceptors (Lipinski definition) is 7. The predicted molar refractivity (Wildman–Crippen MR) is 143 cm³/mol. The van der Waals surface area contributed by atoms with Crippen molar-refractivity contribution in [2.24, 2.45) is 0 Å². The van der Waals surface area contributed by atoms with Crippen molar-refractivity contribution in [3.05, 3.63) is 12.2 Å². The summed E-state index contributed by atoms with van der Waals surface area (Å²) >= 11 is 0. The molecule has 0 heterocycles. The third kappa shape index (κ3) is 22.4. The van der Waals surface area contributed by atoms with Gasteiger partial charge < -0.3 is 18.9 Å². The van der Waals surface area contributed by atoms with Gasteiger partial charge in [-0.1, -0.05) is 83.3 Å². The zero-order valence-electron chi connectivity index (χ0n) is 23.3. The summed E-state index contributed by atoms with van der Waals surface area (Å²) in [6.45, 7) is 10.6.